The number of benzene rings is 1. The van der Waals surface area contributed by atoms with Crippen molar-refractivity contribution >= 4 is 23.3 Å². The zero-order valence-electron chi connectivity index (χ0n) is 16.3. The molecule has 0 unspecified atom stereocenters. The average molecular weight is 441 g/mol. The van der Waals surface area contributed by atoms with Gasteiger partial charge in [-0.25, -0.2) is 15.0 Å². The number of hydrogen-bond donors (Lipinski definition) is 3. The molecular formula is C20H16F3N8O+. The van der Waals surface area contributed by atoms with Crippen LogP contribution < -0.4 is 26.5 Å². The van der Waals surface area contributed by atoms with Gasteiger partial charge in [-0.05, 0) is 36.4 Å². The molecule has 0 saturated heterocycles. The molecular weight excluding hydrogens is 425 g/mol. The highest BCUT2D eigenvalue weighted by molar-refractivity contribution is 5.65. The molecule has 6 N–H and O–H groups in total. The second-order valence-electron chi connectivity index (χ2n) is 6.50. The lowest BCUT2D eigenvalue weighted by molar-refractivity contribution is -0.346. The molecule has 0 amide bonds. The molecule has 32 heavy (non-hydrogen) atoms. The van der Waals surface area contributed by atoms with Gasteiger partial charge >= 0.3 is 12.1 Å². The summed E-state index contributed by atoms with van der Waals surface area (Å²) in [6, 6.07) is 12.9. The Labute approximate surface area is 179 Å². The van der Waals surface area contributed by atoms with E-state index in [0.29, 0.717) is 28.8 Å². The molecule has 0 aliphatic rings. The number of anilines is 4. The molecule has 9 nitrogen and oxygen atoms in total. The number of nitrogens with two attached hydrogens (primary N) is 2. The van der Waals surface area contributed by atoms with Crippen molar-refractivity contribution in [2.75, 3.05) is 16.8 Å². The van der Waals surface area contributed by atoms with Crippen LogP contribution in [0.3, 0.4) is 0 Å². The number of aromatic amines is 1. The molecule has 0 aliphatic heterocycles. The van der Waals surface area contributed by atoms with Gasteiger partial charge in [0.1, 0.15) is 17.3 Å². The van der Waals surface area contributed by atoms with Crippen molar-refractivity contribution in [3.63, 3.8) is 0 Å². The lowest BCUT2D eigenvalue weighted by Gasteiger charge is -2.09. The molecule has 0 saturated carbocycles. The van der Waals surface area contributed by atoms with Gasteiger partial charge < -0.3 is 16.2 Å². The third-order valence-corrected chi connectivity index (χ3v) is 4.11. The van der Waals surface area contributed by atoms with E-state index in [0.717, 1.165) is 11.8 Å². The predicted octanol–water partition coefficient (Wildman–Crippen LogP) is 3.47. The number of ether oxygens (including phenoxy) is 1. The van der Waals surface area contributed by atoms with Gasteiger partial charge in [0.15, 0.2) is 0 Å². The second kappa shape index (κ2) is 8.34. The minimum atomic E-state index is -4.66. The quantitative estimate of drug-likeness (QED) is 0.428. The number of rotatable bonds is 5. The minimum absolute atomic E-state index is 0.186. The first kappa shape index (κ1) is 20.8. The lowest BCUT2D eigenvalue weighted by Crippen LogP contribution is -2.17. The zero-order chi connectivity index (χ0) is 22.7. The molecule has 0 bridgehead atoms. The van der Waals surface area contributed by atoms with Gasteiger partial charge in [-0.1, -0.05) is 0 Å². The Hall–Kier alpha value is -4.48. The summed E-state index contributed by atoms with van der Waals surface area (Å²) in [5, 5.41) is 3.14. The molecule has 4 aromatic rings. The highest BCUT2D eigenvalue weighted by Gasteiger charge is 2.34. The maximum absolute atomic E-state index is 12.7. The summed E-state index contributed by atoms with van der Waals surface area (Å²) in [4.78, 5) is 17.8. The van der Waals surface area contributed by atoms with E-state index in [1.165, 1.54) is 6.07 Å². The fraction of sp³-hybridized carbons (Fsp3) is 0.0500. The number of nitrogens with zero attached hydrogens (tertiary/aromatic N) is 4. The standard InChI is InChI=1S/C20H15F3N8O/c21-20(22,23)18-26-8-7-17(31-18)32-13-4-2-12(3-5-13)28-16-9-14(29-19(25)30-16)11-1-6-15(24)27-10-11/h1-10H,(H2,24,27)(H3,25,28,29,30)/p+1. The Morgan fingerprint density at radius 2 is 1.72 bits per heavy atom. The summed E-state index contributed by atoms with van der Waals surface area (Å²) in [5.74, 6) is -0.0541. The number of hydrogen-bond acceptors (Lipinski definition) is 8. The molecule has 12 heteroatoms. The van der Waals surface area contributed by atoms with Crippen molar-refractivity contribution in [2.24, 2.45) is 0 Å². The van der Waals surface area contributed by atoms with Crippen molar-refractivity contribution in [3.05, 3.63) is 66.7 Å². The van der Waals surface area contributed by atoms with E-state index in [4.69, 9.17) is 16.2 Å². The van der Waals surface area contributed by atoms with E-state index < -0.39 is 12.0 Å². The van der Waals surface area contributed by atoms with Gasteiger partial charge in [0.05, 0.1) is 5.69 Å². The van der Waals surface area contributed by atoms with E-state index in [9.17, 15) is 13.2 Å². The van der Waals surface area contributed by atoms with Crippen LogP contribution >= 0.6 is 0 Å². The first-order valence-electron chi connectivity index (χ1n) is 9.13. The molecule has 1 aromatic carbocycles. The third-order valence-electron chi connectivity index (χ3n) is 4.11. The second-order valence-corrected chi connectivity index (χ2v) is 6.50. The van der Waals surface area contributed by atoms with E-state index in [1.807, 2.05) is 0 Å². The molecule has 0 fully saturated rings. The summed E-state index contributed by atoms with van der Waals surface area (Å²) >= 11 is 0. The van der Waals surface area contributed by atoms with Crippen LogP contribution in [-0.4, -0.2) is 19.9 Å². The summed E-state index contributed by atoms with van der Waals surface area (Å²) in [6.45, 7) is 0. The summed E-state index contributed by atoms with van der Waals surface area (Å²) in [7, 11) is 0. The number of H-pyrrole nitrogens is 1. The molecule has 0 aliphatic carbocycles. The van der Waals surface area contributed by atoms with Gasteiger partial charge in [0.2, 0.25) is 17.5 Å². The molecule has 0 radical (unpaired) electrons. The number of aromatic nitrogens is 5. The zero-order valence-corrected chi connectivity index (χ0v) is 16.3. The van der Waals surface area contributed by atoms with Crippen LogP contribution in [-0.2, 0) is 6.18 Å². The number of pyridine rings is 1. The average Bonchev–Trinajstić information content (AvgIpc) is 2.75. The number of nitrogens with one attached hydrogen (secondary N) is 2. The van der Waals surface area contributed by atoms with Crippen molar-refractivity contribution in [1.29, 1.82) is 0 Å². The summed E-state index contributed by atoms with van der Waals surface area (Å²) < 4.78 is 43.6. The topological polar surface area (TPSA) is 139 Å². The van der Waals surface area contributed by atoms with Crippen molar-refractivity contribution < 1.29 is 22.9 Å². The highest BCUT2D eigenvalue weighted by atomic mass is 19.4. The Morgan fingerprint density at radius 3 is 2.41 bits per heavy atom. The van der Waals surface area contributed by atoms with Crippen LogP contribution in [0.2, 0.25) is 0 Å². The minimum Gasteiger partial charge on any atom is -0.439 e. The highest BCUT2D eigenvalue weighted by Crippen LogP contribution is 2.29. The molecule has 0 atom stereocenters. The SMILES string of the molecule is Nc1ccc(-c2cc(Nc3ccc(Oc4ccnc(C(F)(F)F)n4)cc3)[nH+]c(N)n2)cn1. The Bertz CT molecular complexity index is 1230. The lowest BCUT2D eigenvalue weighted by atomic mass is 10.2. The fourth-order valence-corrected chi connectivity index (χ4v) is 2.69. The molecule has 0 spiro atoms. The smallest absolute Gasteiger partial charge is 0.439 e. The van der Waals surface area contributed by atoms with Crippen LogP contribution in [0.15, 0.2) is 60.9 Å². The maximum Gasteiger partial charge on any atom is 0.451 e. The van der Waals surface area contributed by atoms with E-state index in [2.05, 4.69) is 30.2 Å². The number of nitrogen functional groups attached to an aromatic ring is 2. The van der Waals surface area contributed by atoms with Gasteiger partial charge in [0, 0.05) is 30.1 Å². The molecule has 3 aromatic heterocycles. The summed E-state index contributed by atoms with van der Waals surface area (Å²) in [6.07, 6.45) is -2.08. The third kappa shape index (κ3) is 4.98. The molecule has 162 valence electrons. The van der Waals surface area contributed by atoms with Gasteiger partial charge in [-0.2, -0.15) is 18.2 Å². The Kier molecular flexibility index (Phi) is 5.41. The van der Waals surface area contributed by atoms with Crippen LogP contribution in [0, 0.1) is 0 Å². The normalized spacial score (nSPS) is 11.2. The predicted molar refractivity (Wildman–Crippen MR) is 110 cm³/mol. The van der Waals surface area contributed by atoms with E-state index in [-0.39, 0.29) is 11.8 Å². The Balaban J connectivity index is 1.49. The van der Waals surface area contributed by atoms with E-state index >= 15 is 0 Å². The molecule has 3 heterocycles. The van der Waals surface area contributed by atoms with Crippen LogP contribution in [0.5, 0.6) is 11.6 Å². The summed E-state index contributed by atoms with van der Waals surface area (Å²) in [5.41, 5.74) is 13.5. The van der Waals surface area contributed by atoms with Crippen molar-refractivity contribution in [2.45, 2.75) is 6.18 Å². The number of alkyl halides is 3. The van der Waals surface area contributed by atoms with Crippen molar-refractivity contribution in [3.8, 4) is 22.9 Å². The van der Waals surface area contributed by atoms with Crippen molar-refractivity contribution in [1.82, 2.24) is 19.9 Å². The fourth-order valence-electron chi connectivity index (χ4n) is 2.69. The monoisotopic (exact) mass is 441 g/mol. The molecule has 4 rings (SSSR count). The van der Waals surface area contributed by atoms with Gasteiger partial charge in [-0.15, -0.1) is 4.98 Å². The van der Waals surface area contributed by atoms with E-state index in [1.54, 1.807) is 48.7 Å². The van der Waals surface area contributed by atoms with Gasteiger partial charge in [0.25, 0.3) is 0 Å². The van der Waals surface area contributed by atoms with Crippen LogP contribution in [0.4, 0.5) is 36.4 Å². The Morgan fingerprint density at radius 1 is 0.938 bits per heavy atom. The first-order valence-corrected chi connectivity index (χ1v) is 9.13. The van der Waals surface area contributed by atoms with Gasteiger partial charge in [-0.3, -0.25) is 5.32 Å². The first-order chi connectivity index (χ1) is 15.3. The largest absolute Gasteiger partial charge is 0.451 e. The number of halogens is 3. The van der Waals surface area contributed by atoms with Crippen LogP contribution in [0.25, 0.3) is 11.3 Å². The van der Waals surface area contributed by atoms with Crippen LogP contribution in [0.1, 0.15) is 5.82 Å². The maximum atomic E-state index is 12.7.